The minimum absolute atomic E-state index is 0.0147. The Bertz CT molecular complexity index is 661. The summed E-state index contributed by atoms with van der Waals surface area (Å²) in [4.78, 5) is 14.0. The van der Waals surface area contributed by atoms with E-state index in [1.807, 2.05) is 31.2 Å². The van der Waals surface area contributed by atoms with Crippen molar-refractivity contribution in [3.05, 3.63) is 65.2 Å². The average Bonchev–Trinajstić information content (AvgIpc) is 2.53. The number of hydrogen-bond acceptors (Lipinski definition) is 3. The van der Waals surface area contributed by atoms with Crippen LogP contribution in [0.5, 0.6) is 0 Å². The maximum atomic E-state index is 12.4. The molecule has 0 aliphatic carbocycles. The molecule has 5 heteroatoms. The van der Waals surface area contributed by atoms with E-state index in [9.17, 15) is 4.79 Å². The minimum atomic E-state index is -0.120. The van der Waals surface area contributed by atoms with Crippen LogP contribution < -0.4 is 10.6 Å². The molecule has 0 bridgehead atoms. The predicted molar refractivity (Wildman–Crippen MR) is 82.9 cm³/mol. The van der Waals surface area contributed by atoms with Crippen LogP contribution in [0.2, 0.25) is 0 Å². The Morgan fingerprint density at radius 1 is 1.05 bits per heavy atom. The number of anilines is 1. The number of benzene rings is 2. The lowest BCUT2D eigenvalue weighted by Gasteiger charge is -2.17. The van der Waals surface area contributed by atoms with Crippen molar-refractivity contribution in [2.75, 3.05) is 11.9 Å². The third kappa shape index (κ3) is 3.20. The second-order valence-electron chi connectivity index (χ2n) is 4.76. The first-order valence-electron chi connectivity index (χ1n) is 6.45. The highest BCUT2D eigenvalue weighted by atomic mass is 16.4. The summed E-state index contributed by atoms with van der Waals surface area (Å²) < 4.78 is 0. The van der Waals surface area contributed by atoms with Crippen molar-refractivity contribution in [3.63, 3.8) is 0 Å². The van der Waals surface area contributed by atoms with Crippen LogP contribution in [-0.2, 0) is 0 Å². The highest BCUT2D eigenvalue weighted by Gasteiger charge is 2.13. The number of rotatable bonds is 3. The highest BCUT2D eigenvalue weighted by molar-refractivity contribution is 6.06. The van der Waals surface area contributed by atoms with Crippen molar-refractivity contribution in [2.24, 2.45) is 10.9 Å². The first kappa shape index (κ1) is 14.6. The maximum Gasteiger partial charge on any atom is 0.258 e. The van der Waals surface area contributed by atoms with Crippen molar-refractivity contribution >= 4 is 17.4 Å². The molecule has 0 saturated heterocycles. The fraction of sp³-hybridized carbons (Fsp3) is 0.125. The molecule has 21 heavy (non-hydrogen) atoms. The Kier molecular flexibility index (Phi) is 4.23. The molecule has 2 aromatic rings. The molecular weight excluding hydrogens is 266 g/mol. The fourth-order valence-electron chi connectivity index (χ4n) is 1.92. The van der Waals surface area contributed by atoms with Crippen LogP contribution in [0.3, 0.4) is 0 Å². The van der Waals surface area contributed by atoms with Crippen LogP contribution in [0.25, 0.3) is 0 Å². The minimum Gasteiger partial charge on any atom is -0.409 e. The van der Waals surface area contributed by atoms with Gasteiger partial charge in [-0.05, 0) is 31.2 Å². The molecule has 0 aliphatic rings. The quantitative estimate of drug-likeness (QED) is 0.393. The van der Waals surface area contributed by atoms with Crippen molar-refractivity contribution in [3.8, 4) is 0 Å². The molecule has 0 saturated carbocycles. The van der Waals surface area contributed by atoms with E-state index >= 15 is 0 Å². The molecule has 2 aromatic carbocycles. The number of oxime groups is 1. The summed E-state index contributed by atoms with van der Waals surface area (Å²) in [7, 11) is 1.73. The van der Waals surface area contributed by atoms with Gasteiger partial charge in [0.05, 0.1) is 0 Å². The smallest absolute Gasteiger partial charge is 0.258 e. The second-order valence-corrected chi connectivity index (χ2v) is 4.76. The molecule has 0 radical (unpaired) electrons. The molecule has 0 spiro atoms. The molecular formula is C16H17N3O2. The molecule has 0 fully saturated rings. The van der Waals surface area contributed by atoms with Crippen molar-refractivity contribution in [2.45, 2.75) is 6.92 Å². The van der Waals surface area contributed by atoms with Gasteiger partial charge in [-0.2, -0.15) is 0 Å². The number of carbonyl (C=O) groups excluding carboxylic acids is 1. The van der Waals surface area contributed by atoms with Gasteiger partial charge in [0.25, 0.3) is 5.91 Å². The summed E-state index contributed by atoms with van der Waals surface area (Å²) in [5.74, 6) is -0.106. The van der Waals surface area contributed by atoms with Gasteiger partial charge in [-0.25, -0.2) is 0 Å². The Labute approximate surface area is 123 Å². The summed E-state index contributed by atoms with van der Waals surface area (Å²) in [6.45, 7) is 2.00. The molecule has 0 unspecified atom stereocenters. The number of aryl methyl sites for hydroxylation is 1. The van der Waals surface area contributed by atoms with Gasteiger partial charge in [-0.1, -0.05) is 35.0 Å². The second kappa shape index (κ2) is 6.09. The van der Waals surface area contributed by atoms with Crippen LogP contribution in [-0.4, -0.2) is 24.0 Å². The van der Waals surface area contributed by atoms with Crippen LogP contribution in [0.1, 0.15) is 21.5 Å². The standard InChI is InChI=1S/C16H17N3O2/c1-11-3-9-14(10-4-11)19(2)16(20)13-7-5-12(6-8-13)15(17)18-21/h3-10,21H,1-2H3,(H2,17,18). The molecule has 2 rings (SSSR count). The van der Waals surface area contributed by atoms with Gasteiger partial charge >= 0.3 is 0 Å². The van der Waals surface area contributed by atoms with E-state index in [1.54, 1.807) is 36.2 Å². The fourth-order valence-corrected chi connectivity index (χ4v) is 1.92. The number of carbonyl (C=O) groups is 1. The van der Waals surface area contributed by atoms with E-state index in [0.29, 0.717) is 11.1 Å². The van der Waals surface area contributed by atoms with E-state index in [1.165, 1.54) is 0 Å². The molecule has 5 nitrogen and oxygen atoms in total. The van der Waals surface area contributed by atoms with E-state index in [-0.39, 0.29) is 11.7 Å². The third-order valence-corrected chi connectivity index (χ3v) is 3.26. The average molecular weight is 283 g/mol. The van der Waals surface area contributed by atoms with Crippen molar-refractivity contribution in [1.82, 2.24) is 0 Å². The molecule has 1 amide bonds. The molecule has 0 aliphatic heterocycles. The monoisotopic (exact) mass is 283 g/mol. The first-order chi connectivity index (χ1) is 10.0. The molecule has 0 heterocycles. The number of nitrogens with two attached hydrogens (primary N) is 1. The van der Waals surface area contributed by atoms with Gasteiger partial charge in [0.2, 0.25) is 0 Å². The molecule has 0 aromatic heterocycles. The largest absolute Gasteiger partial charge is 0.409 e. The summed E-state index contributed by atoms with van der Waals surface area (Å²) in [5.41, 5.74) is 8.55. The van der Waals surface area contributed by atoms with E-state index < -0.39 is 0 Å². The van der Waals surface area contributed by atoms with Crippen LogP contribution in [0.15, 0.2) is 53.7 Å². The van der Waals surface area contributed by atoms with Gasteiger partial charge in [0.15, 0.2) is 5.84 Å². The van der Waals surface area contributed by atoms with Gasteiger partial charge in [0.1, 0.15) is 0 Å². The normalized spacial score (nSPS) is 11.2. The summed E-state index contributed by atoms with van der Waals surface area (Å²) in [6, 6.07) is 14.3. The van der Waals surface area contributed by atoms with Gasteiger partial charge in [0, 0.05) is 23.9 Å². The molecule has 0 atom stereocenters. The zero-order chi connectivity index (χ0) is 15.4. The topological polar surface area (TPSA) is 78.9 Å². The SMILES string of the molecule is Cc1ccc(N(C)C(=O)c2ccc(C(N)=NO)cc2)cc1. The lowest BCUT2D eigenvalue weighted by Crippen LogP contribution is -2.26. The van der Waals surface area contributed by atoms with Crippen molar-refractivity contribution < 1.29 is 10.0 Å². The van der Waals surface area contributed by atoms with Crippen LogP contribution in [0.4, 0.5) is 5.69 Å². The van der Waals surface area contributed by atoms with Crippen molar-refractivity contribution in [1.29, 1.82) is 0 Å². The van der Waals surface area contributed by atoms with Gasteiger partial charge < -0.3 is 15.8 Å². The number of nitrogens with zero attached hydrogens (tertiary/aromatic N) is 2. The Balaban J connectivity index is 2.21. The third-order valence-electron chi connectivity index (χ3n) is 3.26. The number of hydrogen-bond donors (Lipinski definition) is 2. The van der Waals surface area contributed by atoms with Crippen LogP contribution >= 0.6 is 0 Å². The van der Waals surface area contributed by atoms with E-state index in [0.717, 1.165) is 11.3 Å². The van der Waals surface area contributed by atoms with E-state index in [4.69, 9.17) is 10.9 Å². The number of amidine groups is 1. The van der Waals surface area contributed by atoms with Gasteiger partial charge in [-0.3, -0.25) is 4.79 Å². The Morgan fingerprint density at radius 3 is 2.10 bits per heavy atom. The predicted octanol–water partition coefficient (Wildman–Crippen LogP) is 2.37. The lowest BCUT2D eigenvalue weighted by atomic mass is 10.1. The van der Waals surface area contributed by atoms with E-state index in [2.05, 4.69) is 5.16 Å². The summed E-state index contributed by atoms with van der Waals surface area (Å²) in [6.07, 6.45) is 0. The highest BCUT2D eigenvalue weighted by Crippen LogP contribution is 2.16. The lowest BCUT2D eigenvalue weighted by molar-refractivity contribution is 0.0993. The zero-order valence-corrected chi connectivity index (χ0v) is 11.9. The van der Waals surface area contributed by atoms with Crippen LogP contribution in [0, 0.1) is 6.92 Å². The zero-order valence-electron chi connectivity index (χ0n) is 11.9. The molecule has 108 valence electrons. The number of amides is 1. The maximum absolute atomic E-state index is 12.4. The van der Waals surface area contributed by atoms with Gasteiger partial charge in [-0.15, -0.1) is 0 Å². The Morgan fingerprint density at radius 2 is 1.57 bits per heavy atom. The first-order valence-corrected chi connectivity index (χ1v) is 6.45. The Hall–Kier alpha value is -2.82. The molecule has 3 N–H and O–H groups in total. The summed E-state index contributed by atoms with van der Waals surface area (Å²) in [5, 5.41) is 11.5. The summed E-state index contributed by atoms with van der Waals surface area (Å²) >= 11 is 0.